The molecular formula is C25H26ClFN2O4S. The second kappa shape index (κ2) is 10.6. The minimum atomic E-state index is -4.15. The minimum Gasteiger partial charge on any atom is -0.508 e. The summed E-state index contributed by atoms with van der Waals surface area (Å²) >= 11 is 6.10. The van der Waals surface area contributed by atoms with Gasteiger partial charge in [-0.1, -0.05) is 23.7 Å². The van der Waals surface area contributed by atoms with Crippen LogP contribution in [0, 0.1) is 5.82 Å². The molecule has 0 atom stereocenters. The summed E-state index contributed by atoms with van der Waals surface area (Å²) in [6, 6.07) is 16.3. The lowest BCUT2D eigenvalue weighted by molar-refractivity contribution is 0.238. The maximum Gasteiger partial charge on any atom is 0.266 e. The van der Waals surface area contributed by atoms with Gasteiger partial charge < -0.3 is 9.84 Å². The van der Waals surface area contributed by atoms with E-state index in [1.165, 1.54) is 29.3 Å². The van der Waals surface area contributed by atoms with Crippen molar-refractivity contribution < 1.29 is 22.7 Å². The zero-order valence-electron chi connectivity index (χ0n) is 18.5. The number of ether oxygens (including phenoxy) is 1. The second-order valence-corrected chi connectivity index (χ2v) is 10.4. The van der Waals surface area contributed by atoms with Crippen molar-refractivity contribution in [3.63, 3.8) is 0 Å². The molecule has 0 saturated carbocycles. The number of likely N-dealkylation sites (tertiary alicyclic amines) is 1. The predicted molar refractivity (Wildman–Crippen MR) is 130 cm³/mol. The van der Waals surface area contributed by atoms with Crippen LogP contribution in [0.3, 0.4) is 0 Å². The number of benzene rings is 3. The molecule has 4 rings (SSSR count). The highest BCUT2D eigenvalue weighted by atomic mass is 35.5. The summed E-state index contributed by atoms with van der Waals surface area (Å²) in [7, 11) is -4.15. The van der Waals surface area contributed by atoms with Crippen molar-refractivity contribution in [1.82, 2.24) is 4.90 Å². The zero-order chi connectivity index (χ0) is 24.1. The van der Waals surface area contributed by atoms with Crippen LogP contribution in [-0.4, -0.2) is 44.7 Å². The number of aromatic hydroxyl groups is 1. The molecule has 1 fully saturated rings. The molecule has 0 aliphatic carbocycles. The summed E-state index contributed by atoms with van der Waals surface area (Å²) < 4.78 is 47.7. The third kappa shape index (κ3) is 5.81. The summed E-state index contributed by atoms with van der Waals surface area (Å²) in [5.74, 6) is 0.0350. The molecule has 1 saturated heterocycles. The van der Waals surface area contributed by atoms with Gasteiger partial charge in [0.25, 0.3) is 10.0 Å². The second-order valence-electron chi connectivity index (χ2n) is 8.15. The lowest BCUT2D eigenvalue weighted by Gasteiger charge is -2.25. The highest BCUT2D eigenvalue weighted by Crippen LogP contribution is 2.32. The number of sulfonamides is 1. The van der Waals surface area contributed by atoms with Gasteiger partial charge in [0.1, 0.15) is 28.8 Å². The largest absolute Gasteiger partial charge is 0.508 e. The molecule has 3 aromatic rings. The average molecular weight is 505 g/mol. The van der Waals surface area contributed by atoms with Crippen molar-refractivity contribution in [2.75, 3.05) is 30.5 Å². The van der Waals surface area contributed by atoms with E-state index in [2.05, 4.69) is 4.90 Å². The monoisotopic (exact) mass is 504 g/mol. The predicted octanol–water partition coefficient (Wildman–Crippen LogP) is 5.05. The molecule has 0 amide bonds. The molecular weight excluding hydrogens is 479 g/mol. The molecule has 180 valence electrons. The van der Waals surface area contributed by atoms with E-state index in [1.807, 2.05) is 0 Å². The first-order valence-electron chi connectivity index (χ1n) is 11.0. The standard InChI is InChI=1S/C25H26ClFN2O4S/c26-24-17-20(27)6-11-25(24)34(31,32)29(18-19-4-3-5-22(30)16-19)21-7-9-23(10-8-21)33-15-14-28-12-1-2-13-28/h3-11,16-17,30H,1-2,12-15,18H2. The SMILES string of the molecule is O=S(=O)(c1ccc(F)cc1Cl)N(Cc1cccc(O)c1)c1ccc(OCCN2CCCC2)cc1. The summed E-state index contributed by atoms with van der Waals surface area (Å²) in [6.07, 6.45) is 2.44. The quantitative estimate of drug-likeness (QED) is 0.441. The summed E-state index contributed by atoms with van der Waals surface area (Å²) in [5, 5.41) is 9.63. The van der Waals surface area contributed by atoms with Crippen molar-refractivity contribution in [3.8, 4) is 11.5 Å². The van der Waals surface area contributed by atoms with E-state index in [0.29, 0.717) is 23.6 Å². The minimum absolute atomic E-state index is 0.0245. The van der Waals surface area contributed by atoms with Crippen LogP contribution in [0.15, 0.2) is 71.6 Å². The third-order valence-electron chi connectivity index (χ3n) is 5.70. The third-order valence-corrected chi connectivity index (χ3v) is 7.96. The van der Waals surface area contributed by atoms with Gasteiger partial charge in [0, 0.05) is 6.54 Å². The number of hydrogen-bond acceptors (Lipinski definition) is 5. The Hall–Kier alpha value is -2.81. The lowest BCUT2D eigenvalue weighted by Crippen LogP contribution is -2.30. The molecule has 0 radical (unpaired) electrons. The maximum atomic E-state index is 13.6. The van der Waals surface area contributed by atoms with E-state index >= 15 is 0 Å². The fourth-order valence-corrected chi connectivity index (χ4v) is 5.91. The first-order valence-corrected chi connectivity index (χ1v) is 12.9. The van der Waals surface area contributed by atoms with Crippen molar-refractivity contribution in [2.45, 2.75) is 24.3 Å². The van der Waals surface area contributed by atoms with E-state index in [9.17, 15) is 17.9 Å². The number of phenolic OH excluding ortho intramolecular Hbond substituents is 1. The molecule has 6 nitrogen and oxygen atoms in total. The average Bonchev–Trinajstić information content (AvgIpc) is 3.31. The maximum absolute atomic E-state index is 13.6. The van der Waals surface area contributed by atoms with Crippen LogP contribution in [0.1, 0.15) is 18.4 Å². The van der Waals surface area contributed by atoms with E-state index < -0.39 is 15.8 Å². The van der Waals surface area contributed by atoms with Gasteiger partial charge in [-0.2, -0.15) is 0 Å². The van der Waals surface area contributed by atoms with Gasteiger partial charge in [-0.05, 0) is 86.1 Å². The Morgan fingerprint density at radius 1 is 1.03 bits per heavy atom. The van der Waals surface area contributed by atoms with Gasteiger partial charge in [0.2, 0.25) is 0 Å². The highest BCUT2D eigenvalue weighted by molar-refractivity contribution is 7.93. The van der Waals surface area contributed by atoms with Gasteiger partial charge in [-0.25, -0.2) is 12.8 Å². The van der Waals surface area contributed by atoms with E-state index in [-0.39, 0.29) is 22.2 Å². The van der Waals surface area contributed by atoms with Crippen LogP contribution in [0.2, 0.25) is 5.02 Å². The van der Waals surface area contributed by atoms with E-state index in [1.54, 1.807) is 36.4 Å². The van der Waals surface area contributed by atoms with Crippen LogP contribution >= 0.6 is 11.6 Å². The normalized spacial score (nSPS) is 14.3. The van der Waals surface area contributed by atoms with E-state index in [4.69, 9.17) is 16.3 Å². The van der Waals surface area contributed by atoms with Gasteiger partial charge in [-0.3, -0.25) is 9.21 Å². The van der Waals surface area contributed by atoms with Crippen LogP contribution < -0.4 is 9.04 Å². The molecule has 1 N–H and O–H groups in total. The molecule has 0 unspecified atom stereocenters. The van der Waals surface area contributed by atoms with Crippen molar-refractivity contribution in [1.29, 1.82) is 0 Å². The molecule has 1 heterocycles. The number of hydrogen-bond donors (Lipinski definition) is 1. The van der Waals surface area contributed by atoms with Gasteiger partial charge in [0.15, 0.2) is 0 Å². The van der Waals surface area contributed by atoms with Crippen molar-refractivity contribution >= 4 is 27.3 Å². The molecule has 0 aromatic heterocycles. The molecule has 1 aliphatic rings. The topological polar surface area (TPSA) is 70.1 Å². The van der Waals surface area contributed by atoms with Crippen LogP contribution in [0.5, 0.6) is 11.5 Å². The number of anilines is 1. The fraction of sp³-hybridized carbons (Fsp3) is 0.280. The van der Waals surface area contributed by atoms with Gasteiger partial charge in [0.05, 0.1) is 17.3 Å². The number of nitrogens with zero attached hydrogens (tertiary/aromatic N) is 2. The molecule has 3 aromatic carbocycles. The smallest absolute Gasteiger partial charge is 0.266 e. The molecule has 1 aliphatic heterocycles. The molecule has 0 spiro atoms. The first kappa shape index (κ1) is 24.3. The Bertz CT molecular complexity index is 1230. The molecule has 9 heteroatoms. The fourth-order valence-electron chi connectivity index (χ4n) is 3.95. The lowest BCUT2D eigenvalue weighted by atomic mass is 10.2. The Morgan fingerprint density at radius 3 is 2.44 bits per heavy atom. The van der Waals surface area contributed by atoms with E-state index in [0.717, 1.165) is 37.8 Å². The number of halogens is 2. The number of rotatable bonds is 9. The van der Waals surface area contributed by atoms with Gasteiger partial charge in [-0.15, -0.1) is 0 Å². The Balaban J connectivity index is 1.59. The summed E-state index contributed by atoms with van der Waals surface area (Å²) in [4.78, 5) is 2.14. The Kier molecular flexibility index (Phi) is 7.60. The van der Waals surface area contributed by atoms with Crippen molar-refractivity contribution in [3.05, 3.63) is 83.1 Å². The van der Waals surface area contributed by atoms with Crippen molar-refractivity contribution in [2.24, 2.45) is 0 Å². The number of phenols is 1. The highest BCUT2D eigenvalue weighted by Gasteiger charge is 2.28. The van der Waals surface area contributed by atoms with Crippen LogP contribution in [-0.2, 0) is 16.6 Å². The zero-order valence-corrected chi connectivity index (χ0v) is 20.1. The van der Waals surface area contributed by atoms with Crippen LogP contribution in [0.4, 0.5) is 10.1 Å². The molecule has 0 bridgehead atoms. The Labute approximate surface area is 204 Å². The molecule has 34 heavy (non-hydrogen) atoms. The van der Waals surface area contributed by atoms with Crippen LogP contribution in [0.25, 0.3) is 0 Å². The summed E-state index contributed by atoms with van der Waals surface area (Å²) in [6.45, 7) is 3.53. The summed E-state index contributed by atoms with van der Waals surface area (Å²) in [5.41, 5.74) is 0.961. The Morgan fingerprint density at radius 2 is 1.76 bits per heavy atom. The first-order chi connectivity index (χ1) is 16.3. The van der Waals surface area contributed by atoms with Gasteiger partial charge >= 0.3 is 0 Å².